The zero-order chi connectivity index (χ0) is 8.39. The maximum absolute atomic E-state index is 5.09. The summed E-state index contributed by atoms with van der Waals surface area (Å²) >= 11 is 0. The summed E-state index contributed by atoms with van der Waals surface area (Å²) in [4.78, 5) is 4.16. The van der Waals surface area contributed by atoms with E-state index < -0.39 is 0 Å². The summed E-state index contributed by atoms with van der Waals surface area (Å²) in [5.74, 6) is 5.09. The van der Waals surface area contributed by atoms with Crippen molar-refractivity contribution >= 4 is 5.65 Å². The molecule has 0 fully saturated rings. The molecule has 0 aliphatic heterocycles. The van der Waals surface area contributed by atoms with Gasteiger partial charge in [0.2, 0.25) is 0 Å². The van der Waals surface area contributed by atoms with Gasteiger partial charge in [-0.2, -0.15) is 5.10 Å². The minimum Gasteiger partial charge on any atom is -0.321 e. The number of hydrogen-bond acceptors (Lipinski definition) is 3. The number of nitrogens with zero attached hydrogens (tertiary/aromatic N) is 3. The zero-order valence-electron chi connectivity index (χ0n) is 6.38. The molecule has 0 radical (unpaired) electrons. The molecule has 2 N–H and O–H groups in total. The first-order chi connectivity index (χ1) is 5.90. The van der Waals surface area contributed by atoms with Gasteiger partial charge in [0, 0.05) is 18.5 Å². The maximum atomic E-state index is 5.09. The highest BCUT2D eigenvalue weighted by atomic mass is 15.1. The Kier molecular flexibility index (Phi) is 1.51. The smallest absolute Gasteiger partial charge is 0.174 e. The number of fused-ring (bicyclic) bond motifs is 1. The zero-order valence-corrected chi connectivity index (χ0v) is 6.38. The van der Waals surface area contributed by atoms with Gasteiger partial charge in [0.15, 0.2) is 5.49 Å². The van der Waals surface area contributed by atoms with Gasteiger partial charge in [0.1, 0.15) is 5.65 Å². The van der Waals surface area contributed by atoms with Gasteiger partial charge < -0.3 is 10.2 Å². The monoisotopic (exact) mass is 160 g/mol. The van der Waals surface area contributed by atoms with Gasteiger partial charge in [-0.25, -0.2) is 4.98 Å². The summed E-state index contributed by atoms with van der Waals surface area (Å²) in [5, 5.41) is 3.50. The minimum absolute atomic E-state index is 0.543. The van der Waals surface area contributed by atoms with E-state index in [1.165, 1.54) is 0 Å². The molecule has 0 spiro atoms. The lowest BCUT2D eigenvalue weighted by Gasteiger charge is -1.96. The summed E-state index contributed by atoms with van der Waals surface area (Å²) in [7, 11) is 0. The summed E-state index contributed by atoms with van der Waals surface area (Å²) in [6, 6.07) is 7.51. The van der Waals surface area contributed by atoms with Crippen LogP contribution >= 0.6 is 0 Å². The normalized spacial score (nSPS) is 12.2. The molecule has 0 unspecified atom stereocenters. The lowest BCUT2D eigenvalue weighted by molar-refractivity contribution is 1.00. The second kappa shape index (κ2) is 2.65. The van der Waals surface area contributed by atoms with E-state index in [9.17, 15) is 0 Å². The molecule has 0 aliphatic rings. The first kappa shape index (κ1) is 6.84. The molecular formula is C8H8N4. The van der Waals surface area contributed by atoms with Crippen LogP contribution in [0.3, 0.4) is 0 Å². The molecule has 0 atom stereocenters. The molecule has 0 bridgehead atoms. The van der Waals surface area contributed by atoms with E-state index in [-0.39, 0.29) is 0 Å². The Morgan fingerprint density at radius 1 is 1.25 bits per heavy atom. The van der Waals surface area contributed by atoms with Crippen LogP contribution in [0.4, 0.5) is 0 Å². The molecule has 2 heterocycles. The Morgan fingerprint density at radius 3 is 3.00 bits per heavy atom. The Balaban J connectivity index is 2.85. The van der Waals surface area contributed by atoms with Gasteiger partial charge in [-0.1, -0.05) is 6.07 Å². The Morgan fingerprint density at radius 2 is 2.17 bits per heavy atom. The van der Waals surface area contributed by atoms with Crippen LogP contribution in [0.5, 0.6) is 0 Å². The second-order valence-electron chi connectivity index (χ2n) is 2.38. The minimum atomic E-state index is 0.543. The van der Waals surface area contributed by atoms with Crippen LogP contribution in [0.1, 0.15) is 0 Å². The Labute approximate surface area is 69.0 Å². The van der Waals surface area contributed by atoms with Crippen LogP contribution in [0.25, 0.3) is 5.65 Å². The van der Waals surface area contributed by atoms with Crippen molar-refractivity contribution in [1.82, 2.24) is 9.38 Å². The van der Waals surface area contributed by atoms with Gasteiger partial charge in [0.25, 0.3) is 0 Å². The lowest BCUT2D eigenvalue weighted by Crippen LogP contribution is -2.11. The molecule has 12 heavy (non-hydrogen) atoms. The fourth-order valence-corrected chi connectivity index (χ4v) is 1.04. The topological polar surface area (TPSA) is 55.7 Å². The number of hydrogen-bond donors (Lipinski definition) is 1. The van der Waals surface area contributed by atoms with Crippen molar-refractivity contribution < 1.29 is 0 Å². The predicted octanol–water partition coefficient (Wildman–Crippen LogP) is 0.109. The highest BCUT2D eigenvalue weighted by molar-refractivity contribution is 5.35. The molecule has 0 amide bonds. The van der Waals surface area contributed by atoms with E-state index in [1.807, 2.05) is 35.0 Å². The molecule has 2 rings (SSSR count). The molecule has 0 aliphatic carbocycles. The summed E-state index contributed by atoms with van der Waals surface area (Å²) in [6.07, 6.45) is 3.79. The third-order valence-corrected chi connectivity index (χ3v) is 1.61. The lowest BCUT2D eigenvalue weighted by atomic mass is 10.4. The Hall–Kier alpha value is -1.84. The molecule has 60 valence electrons. The van der Waals surface area contributed by atoms with Crippen LogP contribution in [0.15, 0.2) is 41.8 Å². The molecule has 2 aromatic rings. The van der Waals surface area contributed by atoms with Crippen molar-refractivity contribution in [1.29, 1.82) is 0 Å². The number of nitrogens with two attached hydrogens (primary N) is 1. The average molecular weight is 160 g/mol. The van der Waals surface area contributed by atoms with Gasteiger partial charge in [-0.05, 0) is 12.1 Å². The summed E-state index contributed by atoms with van der Waals surface area (Å²) < 4.78 is 1.90. The van der Waals surface area contributed by atoms with Crippen molar-refractivity contribution in [3.8, 4) is 0 Å². The highest BCUT2D eigenvalue weighted by Crippen LogP contribution is 1.93. The van der Waals surface area contributed by atoms with Gasteiger partial charge in [-0.15, -0.1) is 0 Å². The van der Waals surface area contributed by atoms with Crippen LogP contribution in [0.2, 0.25) is 0 Å². The van der Waals surface area contributed by atoms with E-state index in [0.29, 0.717) is 5.49 Å². The molecule has 2 aromatic heterocycles. The largest absolute Gasteiger partial charge is 0.321 e. The van der Waals surface area contributed by atoms with Crippen LogP contribution in [-0.4, -0.2) is 9.38 Å². The van der Waals surface area contributed by atoms with E-state index in [0.717, 1.165) is 5.65 Å². The Bertz CT molecular complexity index is 458. The van der Waals surface area contributed by atoms with E-state index in [1.54, 1.807) is 6.07 Å². The van der Waals surface area contributed by atoms with Crippen molar-refractivity contribution in [2.45, 2.75) is 0 Å². The summed E-state index contributed by atoms with van der Waals surface area (Å²) in [6.45, 7) is 0. The average Bonchev–Trinajstić information content (AvgIpc) is 2.17. The first-order valence-electron chi connectivity index (χ1n) is 3.58. The molecular weight excluding hydrogens is 152 g/mol. The van der Waals surface area contributed by atoms with Gasteiger partial charge >= 0.3 is 0 Å². The van der Waals surface area contributed by atoms with Crippen LogP contribution in [0, 0.1) is 0 Å². The van der Waals surface area contributed by atoms with Crippen molar-refractivity contribution in [2.24, 2.45) is 10.9 Å². The third kappa shape index (κ3) is 1.03. The van der Waals surface area contributed by atoms with E-state index in [2.05, 4.69) is 10.1 Å². The van der Waals surface area contributed by atoms with Gasteiger partial charge in [0.05, 0.1) is 0 Å². The van der Waals surface area contributed by atoms with Crippen LogP contribution < -0.4 is 11.3 Å². The third-order valence-electron chi connectivity index (χ3n) is 1.61. The number of rotatable bonds is 0. The molecule has 0 aromatic carbocycles. The van der Waals surface area contributed by atoms with Crippen LogP contribution in [-0.2, 0) is 0 Å². The molecule has 0 saturated carbocycles. The molecule has 4 heteroatoms. The fraction of sp³-hybridized carbons (Fsp3) is 0. The highest BCUT2D eigenvalue weighted by Gasteiger charge is 1.88. The maximum Gasteiger partial charge on any atom is 0.174 e. The summed E-state index contributed by atoms with van der Waals surface area (Å²) in [5.41, 5.74) is 1.38. The first-order valence-corrected chi connectivity index (χ1v) is 3.58. The predicted molar refractivity (Wildman–Crippen MR) is 44.9 cm³/mol. The fourth-order valence-electron chi connectivity index (χ4n) is 1.04. The SMILES string of the molecule is NN=c1ccn2ccccc2n1. The number of pyridine rings is 1. The van der Waals surface area contributed by atoms with E-state index in [4.69, 9.17) is 5.84 Å². The van der Waals surface area contributed by atoms with E-state index >= 15 is 0 Å². The molecule has 0 saturated heterocycles. The standard InChI is InChI=1S/C8H8N4/c9-11-7-4-6-12-5-2-1-3-8(12)10-7/h1-6H,9H2. The van der Waals surface area contributed by atoms with Gasteiger partial charge in [-0.3, -0.25) is 0 Å². The van der Waals surface area contributed by atoms with Crippen molar-refractivity contribution in [3.63, 3.8) is 0 Å². The van der Waals surface area contributed by atoms with Crippen molar-refractivity contribution in [2.75, 3.05) is 0 Å². The second-order valence-corrected chi connectivity index (χ2v) is 2.38. The number of aromatic nitrogens is 2. The van der Waals surface area contributed by atoms with Crippen molar-refractivity contribution in [3.05, 3.63) is 42.1 Å². The quantitative estimate of drug-likeness (QED) is 0.439. The molecule has 4 nitrogen and oxygen atoms in total.